The van der Waals surface area contributed by atoms with Gasteiger partial charge in [0, 0.05) is 0 Å². The lowest BCUT2D eigenvalue weighted by Gasteiger charge is -2.32. The fourth-order valence-electron chi connectivity index (χ4n) is 7.29. The van der Waals surface area contributed by atoms with Gasteiger partial charge in [-0.15, -0.1) is 0 Å². The van der Waals surface area contributed by atoms with Crippen LogP contribution in [0.5, 0.6) is 0 Å². The molecule has 0 amide bonds. The topological polar surface area (TPSA) is 18.5 Å². The van der Waals surface area contributed by atoms with Crippen LogP contribution in [0.2, 0.25) is 0 Å². The Bertz CT molecular complexity index is 1800. The van der Waals surface area contributed by atoms with Gasteiger partial charge in [-0.2, -0.15) is 0 Å². The van der Waals surface area contributed by atoms with Gasteiger partial charge in [-0.1, -0.05) is 115 Å². The van der Waals surface area contributed by atoms with Gasteiger partial charge in [0.25, 0.3) is 0 Å². The molecule has 40 heavy (non-hydrogen) atoms. The zero-order valence-electron chi connectivity index (χ0n) is 23.4. The first-order valence-electron chi connectivity index (χ1n) is 14.2. The van der Waals surface area contributed by atoms with E-state index in [1.54, 1.807) is 0 Å². The molecule has 0 bridgehead atoms. The second-order valence-electron chi connectivity index (χ2n) is 12.3. The first kappa shape index (κ1) is 23.9. The molecule has 2 aliphatic carbocycles. The van der Waals surface area contributed by atoms with Crippen molar-refractivity contribution in [3.8, 4) is 33.4 Å². The molecule has 8 rings (SSSR count). The van der Waals surface area contributed by atoms with E-state index in [-0.39, 0.29) is 0 Å². The van der Waals surface area contributed by atoms with Crippen LogP contribution in [0.1, 0.15) is 49.9 Å². The van der Waals surface area contributed by atoms with E-state index in [1.807, 2.05) is 0 Å². The Balaban J connectivity index is 1.46. The van der Waals surface area contributed by atoms with Crippen molar-refractivity contribution in [2.24, 2.45) is 0 Å². The largest absolute Gasteiger partial charge is 0.495 e. The van der Waals surface area contributed by atoms with E-state index in [9.17, 15) is 0 Å². The van der Waals surface area contributed by atoms with Gasteiger partial charge in [-0.05, 0) is 88.8 Å². The molecule has 1 fully saturated rings. The van der Waals surface area contributed by atoms with Crippen LogP contribution < -0.4 is 5.46 Å². The molecule has 1 unspecified atom stereocenters. The number of rotatable bonds is 2. The predicted molar refractivity (Wildman–Crippen MR) is 164 cm³/mol. The van der Waals surface area contributed by atoms with E-state index in [0.29, 0.717) is 0 Å². The Kier molecular flexibility index (Phi) is 4.83. The molecule has 0 aromatic heterocycles. The van der Waals surface area contributed by atoms with Gasteiger partial charge in [0.15, 0.2) is 0 Å². The summed E-state index contributed by atoms with van der Waals surface area (Å²) >= 11 is 0. The maximum atomic E-state index is 6.64. The third kappa shape index (κ3) is 2.92. The molecule has 0 radical (unpaired) electrons. The summed E-state index contributed by atoms with van der Waals surface area (Å²) in [5.74, 6) is 0. The molecular formula is C37H31BO2. The van der Waals surface area contributed by atoms with Gasteiger partial charge in [0.05, 0.1) is 16.6 Å². The molecule has 1 spiro atoms. The molecule has 1 saturated heterocycles. The Labute approximate surface area is 236 Å². The number of fused-ring (bicyclic) bond motifs is 10. The minimum atomic E-state index is -0.435. The van der Waals surface area contributed by atoms with Crippen LogP contribution in [0.15, 0.2) is 115 Å². The average molecular weight is 518 g/mol. The summed E-state index contributed by atoms with van der Waals surface area (Å²) in [7, 11) is -0.435. The van der Waals surface area contributed by atoms with E-state index in [0.717, 1.165) is 5.46 Å². The highest BCUT2D eigenvalue weighted by molar-refractivity contribution is 6.64. The highest BCUT2D eigenvalue weighted by Gasteiger charge is 2.56. The number of hydrogen-bond donors (Lipinski definition) is 0. The van der Waals surface area contributed by atoms with Crippen molar-refractivity contribution in [1.82, 2.24) is 0 Å². The quantitative estimate of drug-likeness (QED) is 0.216. The molecule has 0 N–H and O–H groups in total. The highest BCUT2D eigenvalue weighted by Crippen LogP contribution is 2.63. The maximum Gasteiger partial charge on any atom is 0.495 e. The van der Waals surface area contributed by atoms with Crippen LogP contribution in [0.25, 0.3) is 33.4 Å². The molecule has 5 aromatic rings. The standard InChI is InChI=1S/C37H31BO2/c1-35(2)36(3,4)40-38(39-35)32-23-13-22-31-34(32)27-17-9-11-20-29(27)37(31)28-19-10-8-16-26(28)33-25(18-12-21-30(33)37)24-14-6-5-7-15-24/h5-23H,1-4H3. The minimum absolute atomic E-state index is 0.409. The zero-order valence-corrected chi connectivity index (χ0v) is 23.4. The zero-order chi connectivity index (χ0) is 27.3. The van der Waals surface area contributed by atoms with Crippen molar-refractivity contribution in [2.45, 2.75) is 44.3 Å². The molecule has 1 heterocycles. The molecule has 0 saturated carbocycles. The van der Waals surface area contributed by atoms with Crippen molar-refractivity contribution in [3.05, 3.63) is 138 Å². The van der Waals surface area contributed by atoms with E-state index < -0.39 is 23.7 Å². The molecule has 194 valence electrons. The second-order valence-corrected chi connectivity index (χ2v) is 12.3. The molecule has 1 aliphatic heterocycles. The summed E-state index contributed by atoms with van der Waals surface area (Å²) in [6.07, 6.45) is 0. The van der Waals surface area contributed by atoms with Gasteiger partial charge in [-0.25, -0.2) is 0 Å². The van der Waals surface area contributed by atoms with Crippen molar-refractivity contribution in [1.29, 1.82) is 0 Å². The van der Waals surface area contributed by atoms with Crippen LogP contribution in [0.3, 0.4) is 0 Å². The summed E-state index contributed by atoms with van der Waals surface area (Å²) in [4.78, 5) is 0. The molecule has 2 nitrogen and oxygen atoms in total. The first-order valence-corrected chi connectivity index (χ1v) is 14.2. The van der Waals surface area contributed by atoms with Gasteiger partial charge in [-0.3, -0.25) is 0 Å². The Morgan fingerprint density at radius 3 is 1.57 bits per heavy atom. The summed E-state index contributed by atoms with van der Waals surface area (Å²) in [6.45, 7) is 8.50. The summed E-state index contributed by atoms with van der Waals surface area (Å²) in [5.41, 5.74) is 12.8. The SMILES string of the molecule is CC1(C)OB(c2cccc3c2-c2ccccc2C32c3ccccc3-c3c(-c4ccccc4)cccc32)OC1(C)C. The predicted octanol–water partition coefficient (Wildman–Crippen LogP) is 8.00. The van der Waals surface area contributed by atoms with E-state index in [2.05, 4.69) is 143 Å². The lowest BCUT2D eigenvalue weighted by atomic mass is 9.68. The fraction of sp³-hybridized carbons (Fsp3) is 0.189. The molecular weight excluding hydrogens is 487 g/mol. The average Bonchev–Trinajstić information content (AvgIpc) is 3.53. The molecule has 1 atom stereocenters. The second kappa shape index (κ2) is 8.07. The van der Waals surface area contributed by atoms with E-state index in [1.165, 1.54) is 55.6 Å². The van der Waals surface area contributed by atoms with Gasteiger partial charge in [0.1, 0.15) is 0 Å². The lowest BCUT2D eigenvalue weighted by Crippen LogP contribution is -2.41. The van der Waals surface area contributed by atoms with Crippen molar-refractivity contribution < 1.29 is 9.31 Å². The number of benzene rings is 5. The molecule has 5 aromatic carbocycles. The van der Waals surface area contributed by atoms with Crippen LogP contribution in [-0.4, -0.2) is 18.3 Å². The van der Waals surface area contributed by atoms with Crippen LogP contribution >= 0.6 is 0 Å². The van der Waals surface area contributed by atoms with Gasteiger partial charge < -0.3 is 9.31 Å². The van der Waals surface area contributed by atoms with Crippen LogP contribution in [0.4, 0.5) is 0 Å². The maximum absolute atomic E-state index is 6.64. The summed E-state index contributed by atoms with van der Waals surface area (Å²) < 4.78 is 13.3. The van der Waals surface area contributed by atoms with E-state index in [4.69, 9.17) is 9.31 Å². The number of hydrogen-bond acceptors (Lipinski definition) is 2. The monoisotopic (exact) mass is 518 g/mol. The van der Waals surface area contributed by atoms with Gasteiger partial charge in [0.2, 0.25) is 0 Å². The normalized spacial score (nSPS) is 20.8. The highest BCUT2D eigenvalue weighted by atomic mass is 16.7. The first-order chi connectivity index (χ1) is 19.3. The third-order valence-corrected chi connectivity index (χ3v) is 9.76. The summed E-state index contributed by atoms with van der Waals surface area (Å²) in [6, 6.07) is 42.3. The molecule has 3 heteroatoms. The third-order valence-electron chi connectivity index (χ3n) is 9.76. The molecule has 3 aliphatic rings. The van der Waals surface area contributed by atoms with Crippen molar-refractivity contribution >= 4 is 12.6 Å². The van der Waals surface area contributed by atoms with E-state index >= 15 is 0 Å². The Hall–Kier alpha value is -3.92. The van der Waals surface area contributed by atoms with Crippen molar-refractivity contribution in [3.63, 3.8) is 0 Å². The Morgan fingerprint density at radius 2 is 0.925 bits per heavy atom. The van der Waals surface area contributed by atoms with Crippen molar-refractivity contribution in [2.75, 3.05) is 0 Å². The fourth-order valence-corrected chi connectivity index (χ4v) is 7.29. The smallest absolute Gasteiger partial charge is 0.399 e. The minimum Gasteiger partial charge on any atom is -0.399 e. The summed E-state index contributed by atoms with van der Waals surface area (Å²) in [5, 5.41) is 0. The Morgan fingerprint density at radius 1 is 0.450 bits per heavy atom. The van der Waals surface area contributed by atoms with Gasteiger partial charge >= 0.3 is 7.12 Å². The van der Waals surface area contributed by atoms with Crippen LogP contribution in [0, 0.1) is 0 Å². The lowest BCUT2D eigenvalue weighted by molar-refractivity contribution is 0.00578. The van der Waals surface area contributed by atoms with Crippen LogP contribution in [-0.2, 0) is 14.7 Å².